The molecule has 18 heavy (non-hydrogen) atoms. The summed E-state index contributed by atoms with van der Waals surface area (Å²) in [6, 6.07) is 0. The van der Waals surface area contributed by atoms with Gasteiger partial charge in [0.05, 0.1) is 11.2 Å². The van der Waals surface area contributed by atoms with E-state index in [-0.39, 0.29) is 5.91 Å². The van der Waals surface area contributed by atoms with Crippen molar-refractivity contribution in [1.29, 1.82) is 0 Å². The molecular weight excluding hydrogens is 252 g/mol. The number of hydrogen-bond donors (Lipinski definition) is 0. The van der Waals surface area contributed by atoms with Crippen molar-refractivity contribution in [2.45, 2.75) is 0 Å². The summed E-state index contributed by atoms with van der Waals surface area (Å²) in [5, 5.41) is 4.40. The van der Waals surface area contributed by atoms with Crippen LogP contribution in [0.25, 0.3) is 0 Å². The van der Waals surface area contributed by atoms with Crippen molar-refractivity contribution in [2.75, 3.05) is 32.7 Å². The summed E-state index contributed by atoms with van der Waals surface area (Å²) in [5.41, 5.74) is 0.467. The Morgan fingerprint density at radius 2 is 2.17 bits per heavy atom. The number of carbonyl (C=O) groups is 1. The summed E-state index contributed by atoms with van der Waals surface area (Å²) in [4.78, 5) is 16.4. The fourth-order valence-corrected chi connectivity index (χ4v) is 2.36. The number of nitrogens with zero attached hydrogens (tertiary/aromatic N) is 4. The quantitative estimate of drug-likeness (QED) is 0.769. The van der Waals surface area contributed by atoms with Crippen LogP contribution in [0.15, 0.2) is 18.9 Å². The lowest BCUT2D eigenvalue weighted by atomic mass is 10.2. The minimum Gasteiger partial charge on any atom is -0.335 e. The summed E-state index contributed by atoms with van der Waals surface area (Å²) in [7, 11) is 1.73. The topological polar surface area (TPSA) is 41.4 Å². The molecule has 1 aliphatic rings. The summed E-state index contributed by atoms with van der Waals surface area (Å²) >= 11 is 5.98. The van der Waals surface area contributed by atoms with Crippen LogP contribution in [0.2, 0.25) is 5.02 Å². The van der Waals surface area contributed by atoms with Gasteiger partial charge in [-0.15, -0.1) is 6.58 Å². The van der Waals surface area contributed by atoms with Gasteiger partial charge >= 0.3 is 0 Å². The smallest absolute Gasteiger partial charge is 0.273 e. The Hall–Kier alpha value is -1.33. The lowest BCUT2D eigenvalue weighted by molar-refractivity contribution is 0.0639. The highest BCUT2D eigenvalue weighted by atomic mass is 35.5. The second-order valence-corrected chi connectivity index (χ2v) is 4.75. The first kappa shape index (κ1) is 13.1. The van der Waals surface area contributed by atoms with Gasteiger partial charge in [0.2, 0.25) is 0 Å². The van der Waals surface area contributed by atoms with Crippen molar-refractivity contribution >= 4 is 17.5 Å². The van der Waals surface area contributed by atoms with Crippen LogP contribution in [0.3, 0.4) is 0 Å². The first-order valence-corrected chi connectivity index (χ1v) is 6.31. The van der Waals surface area contributed by atoms with Crippen LogP contribution in [0.4, 0.5) is 0 Å². The number of aryl methyl sites for hydroxylation is 1. The van der Waals surface area contributed by atoms with Gasteiger partial charge in [-0.2, -0.15) is 5.10 Å². The molecule has 1 amide bonds. The van der Waals surface area contributed by atoms with Crippen molar-refractivity contribution in [3.63, 3.8) is 0 Å². The fraction of sp³-hybridized carbons (Fsp3) is 0.500. The highest BCUT2D eigenvalue weighted by Crippen LogP contribution is 2.17. The molecule has 1 saturated heterocycles. The number of rotatable bonds is 3. The number of aromatic nitrogens is 2. The number of amides is 1. The highest BCUT2D eigenvalue weighted by molar-refractivity contribution is 6.33. The maximum Gasteiger partial charge on any atom is 0.273 e. The summed E-state index contributed by atoms with van der Waals surface area (Å²) in [6.45, 7) is 7.76. The Bertz CT molecular complexity index is 429. The Labute approximate surface area is 112 Å². The molecule has 5 nitrogen and oxygen atoms in total. The van der Waals surface area contributed by atoms with Crippen LogP contribution >= 0.6 is 11.6 Å². The predicted molar refractivity (Wildman–Crippen MR) is 70.8 cm³/mol. The van der Waals surface area contributed by atoms with Crippen molar-refractivity contribution in [1.82, 2.24) is 19.6 Å². The van der Waals surface area contributed by atoms with Crippen molar-refractivity contribution in [2.24, 2.45) is 7.05 Å². The van der Waals surface area contributed by atoms with Gasteiger partial charge in [-0.1, -0.05) is 17.7 Å². The molecule has 98 valence electrons. The minimum absolute atomic E-state index is 0.0433. The molecule has 1 fully saturated rings. The van der Waals surface area contributed by atoms with Crippen LogP contribution in [-0.2, 0) is 7.05 Å². The van der Waals surface area contributed by atoms with Crippen molar-refractivity contribution in [3.8, 4) is 0 Å². The molecule has 2 rings (SSSR count). The largest absolute Gasteiger partial charge is 0.335 e. The zero-order valence-corrected chi connectivity index (χ0v) is 11.2. The van der Waals surface area contributed by atoms with E-state index < -0.39 is 0 Å². The molecule has 2 heterocycles. The third-order valence-corrected chi connectivity index (χ3v) is 3.42. The molecular formula is C12H17ClN4O. The first-order chi connectivity index (χ1) is 8.63. The Kier molecular flexibility index (Phi) is 4.04. The van der Waals surface area contributed by atoms with E-state index in [0.717, 1.165) is 19.6 Å². The van der Waals surface area contributed by atoms with Crippen LogP contribution < -0.4 is 0 Å². The number of halogens is 1. The number of hydrogen-bond acceptors (Lipinski definition) is 3. The zero-order chi connectivity index (χ0) is 13.1. The molecule has 0 atom stereocenters. The van der Waals surface area contributed by atoms with E-state index in [1.807, 2.05) is 11.0 Å². The molecule has 0 bridgehead atoms. The van der Waals surface area contributed by atoms with Gasteiger partial charge in [0.15, 0.2) is 0 Å². The molecule has 0 radical (unpaired) electrons. The van der Waals surface area contributed by atoms with Gasteiger partial charge < -0.3 is 4.90 Å². The molecule has 1 aromatic rings. The molecule has 0 aromatic carbocycles. The lowest BCUT2D eigenvalue weighted by Gasteiger charge is -2.34. The zero-order valence-electron chi connectivity index (χ0n) is 10.5. The Morgan fingerprint density at radius 1 is 1.50 bits per heavy atom. The summed E-state index contributed by atoms with van der Waals surface area (Å²) < 4.78 is 1.53. The molecule has 1 aliphatic heterocycles. The maximum absolute atomic E-state index is 12.3. The van der Waals surface area contributed by atoms with Crippen LogP contribution in [0, 0.1) is 0 Å². The SMILES string of the molecule is C=CCN1CCN(C(=O)c2c(Cl)cnn2C)CC1. The molecule has 0 saturated carbocycles. The van der Waals surface area contributed by atoms with Gasteiger partial charge in [0, 0.05) is 39.8 Å². The third kappa shape index (κ3) is 2.57. The van der Waals surface area contributed by atoms with Crippen LogP contribution in [0.1, 0.15) is 10.5 Å². The first-order valence-electron chi connectivity index (χ1n) is 5.93. The van der Waals surface area contributed by atoms with E-state index in [4.69, 9.17) is 11.6 Å². The van der Waals surface area contributed by atoms with E-state index in [1.165, 1.54) is 10.9 Å². The Morgan fingerprint density at radius 3 is 2.67 bits per heavy atom. The van der Waals surface area contributed by atoms with Crippen LogP contribution in [0.5, 0.6) is 0 Å². The predicted octanol–water partition coefficient (Wildman–Crippen LogP) is 1.02. The molecule has 0 unspecified atom stereocenters. The normalized spacial score (nSPS) is 16.9. The van der Waals surface area contributed by atoms with Crippen molar-refractivity contribution < 1.29 is 4.79 Å². The maximum atomic E-state index is 12.3. The van der Waals surface area contributed by atoms with Gasteiger partial charge in [0.1, 0.15) is 5.69 Å². The Balaban J connectivity index is 2.02. The standard InChI is InChI=1S/C12H17ClN4O/c1-3-4-16-5-7-17(8-6-16)12(18)11-10(13)9-14-15(11)2/h3,9H,1,4-8H2,2H3. The molecule has 0 N–H and O–H groups in total. The summed E-state index contributed by atoms with van der Waals surface area (Å²) in [6.07, 6.45) is 3.39. The van der Waals surface area contributed by atoms with Gasteiger partial charge in [0.25, 0.3) is 5.91 Å². The van der Waals surface area contributed by atoms with E-state index in [0.29, 0.717) is 23.8 Å². The summed E-state index contributed by atoms with van der Waals surface area (Å²) in [5.74, 6) is -0.0433. The minimum atomic E-state index is -0.0433. The van der Waals surface area contributed by atoms with E-state index in [1.54, 1.807) is 7.05 Å². The molecule has 0 aliphatic carbocycles. The second-order valence-electron chi connectivity index (χ2n) is 4.35. The van der Waals surface area contributed by atoms with E-state index in [9.17, 15) is 4.79 Å². The highest BCUT2D eigenvalue weighted by Gasteiger charge is 2.25. The van der Waals surface area contributed by atoms with E-state index in [2.05, 4.69) is 16.6 Å². The second kappa shape index (κ2) is 5.54. The average molecular weight is 269 g/mol. The van der Waals surface area contributed by atoms with Gasteiger partial charge in [-0.05, 0) is 0 Å². The molecule has 1 aromatic heterocycles. The lowest BCUT2D eigenvalue weighted by Crippen LogP contribution is -2.49. The van der Waals surface area contributed by atoms with Crippen LogP contribution in [-0.4, -0.2) is 58.2 Å². The number of carbonyl (C=O) groups excluding carboxylic acids is 1. The number of piperazine rings is 1. The van der Waals surface area contributed by atoms with E-state index >= 15 is 0 Å². The molecule has 0 spiro atoms. The average Bonchev–Trinajstić information content (AvgIpc) is 2.70. The third-order valence-electron chi connectivity index (χ3n) is 3.14. The fourth-order valence-electron chi connectivity index (χ4n) is 2.12. The molecule has 6 heteroatoms. The monoisotopic (exact) mass is 268 g/mol. The van der Waals surface area contributed by atoms with Gasteiger partial charge in [-0.3, -0.25) is 14.4 Å². The van der Waals surface area contributed by atoms with Gasteiger partial charge in [-0.25, -0.2) is 0 Å². The van der Waals surface area contributed by atoms with Crippen molar-refractivity contribution in [3.05, 3.63) is 29.6 Å².